The van der Waals surface area contributed by atoms with Crippen LogP contribution in [0.2, 0.25) is 0 Å². The lowest BCUT2D eigenvalue weighted by molar-refractivity contribution is 0.0571. The van der Waals surface area contributed by atoms with Gasteiger partial charge in [-0.05, 0) is 32.6 Å². The Kier molecular flexibility index (Phi) is 5.38. The maximum atomic E-state index is 12.5. The average molecular weight is 288 g/mol. The molecule has 1 aromatic rings. The molecule has 6 heteroatoms. The van der Waals surface area contributed by atoms with E-state index in [1.165, 1.54) is 0 Å². The van der Waals surface area contributed by atoms with E-state index in [0.29, 0.717) is 29.5 Å². The smallest absolute Gasteiger partial charge is 0.259 e. The molecule has 108 valence electrons. The fraction of sp³-hybridized carbons (Fsp3) is 0.692. The van der Waals surface area contributed by atoms with Crippen molar-refractivity contribution in [3.05, 3.63) is 17.0 Å². The summed E-state index contributed by atoms with van der Waals surface area (Å²) in [7, 11) is 0. The van der Waals surface area contributed by atoms with Crippen molar-refractivity contribution in [2.75, 3.05) is 13.1 Å². The highest BCUT2D eigenvalue weighted by Crippen LogP contribution is 2.25. The van der Waals surface area contributed by atoms with Crippen LogP contribution in [0.1, 0.15) is 41.6 Å². The SMILES string of the molecule is Cc1noc(C)c1C(=O)N1CCC(C)CC1CN.Cl. The van der Waals surface area contributed by atoms with Crippen LogP contribution in [0.25, 0.3) is 0 Å². The fourth-order valence-corrected chi connectivity index (χ4v) is 2.67. The number of hydrogen-bond donors (Lipinski definition) is 1. The first-order valence-electron chi connectivity index (χ1n) is 6.48. The van der Waals surface area contributed by atoms with Gasteiger partial charge in [-0.1, -0.05) is 12.1 Å². The number of rotatable bonds is 2. The number of nitrogens with two attached hydrogens (primary N) is 1. The second-order valence-electron chi connectivity index (χ2n) is 5.22. The van der Waals surface area contributed by atoms with Crippen molar-refractivity contribution in [3.63, 3.8) is 0 Å². The molecule has 1 fully saturated rings. The molecule has 2 rings (SSSR count). The lowest BCUT2D eigenvalue weighted by atomic mass is 9.91. The topological polar surface area (TPSA) is 72.4 Å². The third kappa shape index (κ3) is 3.09. The van der Waals surface area contributed by atoms with Gasteiger partial charge in [0.25, 0.3) is 5.91 Å². The van der Waals surface area contributed by atoms with Crippen molar-refractivity contribution in [2.45, 2.75) is 39.7 Å². The number of piperidine rings is 1. The number of carbonyl (C=O) groups is 1. The molecule has 1 aromatic heterocycles. The molecule has 0 radical (unpaired) electrons. The van der Waals surface area contributed by atoms with Crippen LogP contribution in [0.4, 0.5) is 0 Å². The molecule has 0 bridgehead atoms. The van der Waals surface area contributed by atoms with E-state index in [1.54, 1.807) is 13.8 Å². The molecule has 1 amide bonds. The van der Waals surface area contributed by atoms with Crippen LogP contribution < -0.4 is 5.73 Å². The van der Waals surface area contributed by atoms with Gasteiger partial charge in [0.2, 0.25) is 0 Å². The predicted octanol–water partition coefficient (Wildman–Crippen LogP) is 1.91. The minimum Gasteiger partial charge on any atom is -0.361 e. The van der Waals surface area contributed by atoms with Crippen molar-refractivity contribution >= 4 is 18.3 Å². The highest BCUT2D eigenvalue weighted by Gasteiger charge is 2.32. The Hall–Kier alpha value is -1.07. The standard InChI is InChI=1S/C13H21N3O2.ClH/c1-8-4-5-16(11(6-8)7-14)13(17)12-9(2)15-18-10(12)3;/h8,11H,4-7,14H2,1-3H3;1H. The Morgan fingerprint density at radius 2 is 2.21 bits per heavy atom. The first-order valence-corrected chi connectivity index (χ1v) is 6.48. The monoisotopic (exact) mass is 287 g/mol. The molecule has 2 heterocycles. The Bertz CT molecular complexity index is 428. The molecule has 0 aliphatic carbocycles. The van der Waals surface area contributed by atoms with Gasteiger partial charge in [-0.2, -0.15) is 0 Å². The molecule has 2 atom stereocenters. The number of likely N-dealkylation sites (tertiary alicyclic amines) is 1. The molecule has 1 saturated heterocycles. The van der Waals surface area contributed by atoms with Crippen LogP contribution >= 0.6 is 12.4 Å². The van der Waals surface area contributed by atoms with Gasteiger partial charge in [0.05, 0.1) is 5.69 Å². The summed E-state index contributed by atoms with van der Waals surface area (Å²) in [5.74, 6) is 1.23. The van der Waals surface area contributed by atoms with Gasteiger partial charge in [0.15, 0.2) is 0 Å². The maximum Gasteiger partial charge on any atom is 0.259 e. The lowest BCUT2D eigenvalue weighted by Gasteiger charge is -2.37. The highest BCUT2D eigenvalue weighted by atomic mass is 35.5. The quantitative estimate of drug-likeness (QED) is 0.902. The van der Waals surface area contributed by atoms with Crippen LogP contribution in [-0.4, -0.2) is 35.1 Å². The van der Waals surface area contributed by atoms with Gasteiger partial charge in [-0.25, -0.2) is 0 Å². The van der Waals surface area contributed by atoms with Crippen LogP contribution in [-0.2, 0) is 0 Å². The van der Waals surface area contributed by atoms with Gasteiger partial charge in [0.1, 0.15) is 11.3 Å². The number of amides is 1. The minimum absolute atomic E-state index is 0. The Morgan fingerprint density at radius 1 is 1.53 bits per heavy atom. The van der Waals surface area contributed by atoms with Crippen LogP contribution in [0.3, 0.4) is 0 Å². The van der Waals surface area contributed by atoms with Crippen LogP contribution in [0.15, 0.2) is 4.52 Å². The van der Waals surface area contributed by atoms with E-state index in [-0.39, 0.29) is 24.4 Å². The van der Waals surface area contributed by atoms with Crippen molar-refractivity contribution in [1.82, 2.24) is 10.1 Å². The van der Waals surface area contributed by atoms with E-state index in [4.69, 9.17) is 10.3 Å². The van der Waals surface area contributed by atoms with Crippen LogP contribution in [0.5, 0.6) is 0 Å². The third-order valence-electron chi connectivity index (χ3n) is 3.76. The minimum atomic E-state index is 0. The second-order valence-corrected chi connectivity index (χ2v) is 5.22. The van der Waals surface area contributed by atoms with Gasteiger partial charge in [-0.3, -0.25) is 4.79 Å². The number of carbonyl (C=O) groups excluding carboxylic acids is 1. The largest absolute Gasteiger partial charge is 0.361 e. The molecule has 2 N–H and O–H groups in total. The van der Waals surface area contributed by atoms with E-state index in [0.717, 1.165) is 19.4 Å². The number of nitrogens with zero attached hydrogens (tertiary/aromatic N) is 2. The molecule has 2 unspecified atom stereocenters. The summed E-state index contributed by atoms with van der Waals surface area (Å²) in [6, 6.07) is 0.134. The van der Waals surface area contributed by atoms with Gasteiger partial charge < -0.3 is 15.2 Å². The number of aromatic nitrogens is 1. The molecular weight excluding hydrogens is 266 g/mol. The third-order valence-corrected chi connectivity index (χ3v) is 3.76. The summed E-state index contributed by atoms with van der Waals surface area (Å²) in [6.45, 7) is 7.07. The molecule has 1 aliphatic heterocycles. The summed E-state index contributed by atoms with van der Waals surface area (Å²) in [4.78, 5) is 14.4. The summed E-state index contributed by atoms with van der Waals surface area (Å²) in [6.07, 6.45) is 2.01. The second kappa shape index (κ2) is 6.39. The Morgan fingerprint density at radius 3 is 2.74 bits per heavy atom. The van der Waals surface area contributed by atoms with E-state index in [2.05, 4.69) is 12.1 Å². The summed E-state index contributed by atoms with van der Waals surface area (Å²) in [5, 5.41) is 3.84. The fourth-order valence-electron chi connectivity index (χ4n) is 2.67. The molecule has 0 saturated carbocycles. The highest BCUT2D eigenvalue weighted by molar-refractivity contribution is 5.96. The zero-order valence-electron chi connectivity index (χ0n) is 11.7. The molecule has 0 spiro atoms. The normalized spacial score (nSPS) is 23.1. The molecule has 1 aliphatic rings. The average Bonchev–Trinajstić information content (AvgIpc) is 2.68. The van der Waals surface area contributed by atoms with E-state index in [1.807, 2.05) is 4.90 Å². The summed E-state index contributed by atoms with van der Waals surface area (Å²) < 4.78 is 5.07. The van der Waals surface area contributed by atoms with Gasteiger partial charge in [0, 0.05) is 19.1 Å². The van der Waals surface area contributed by atoms with E-state index in [9.17, 15) is 4.79 Å². The Balaban J connectivity index is 0.00000180. The first-order chi connectivity index (χ1) is 8.54. The number of halogens is 1. The maximum absolute atomic E-state index is 12.5. The number of hydrogen-bond acceptors (Lipinski definition) is 4. The first kappa shape index (κ1) is 16.0. The zero-order chi connectivity index (χ0) is 13.3. The zero-order valence-corrected chi connectivity index (χ0v) is 12.5. The molecular formula is C13H22ClN3O2. The van der Waals surface area contributed by atoms with Crippen molar-refractivity contribution in [2.24, 2.45) is 11.7 Å². The summed E-state index contributed by atoms with van der Waals surface area (Å²) in [5.41, 5.74) is 7.05. The van der Waals surface area contributed by atoms with Gasteiger partial charge in [-0.15, -0.1) is 12.4 Å². The van der Waals surface area contributed by atoms with Crippen molar-refractivity contribution < 1.29 is 9.32 Å². The van der Waals surface area contributed by atoms with E-state index < -0.39 is 0 Å². The lowest BCUT2D eigenvalue weighted by Crippen LogP contribution is -2.49. The van der Waals surface area contributed by atoms with Crippen LogP contribution in [0, 0.1) is 19.8 Å². The van der Waals surface area contributed by atoms with E-state index >= 15 is 0 Å². The number of aryl methyl sites for hydroxylation is 2. The van der Waals surface area contributed by atoms with Crippen molar-refractivity contribution in [1.29, 1.82) is 0 Å². The summed E-state index contributed by atoms with van der Waals surface area (Å²) >= 11 is 0. The Labute approximate surface area is 119 Å². The predicted molar refractivity (Wildman–Crippen MR) is 75.5 cm³/mol. The molecule has 19 heavy (non-hydrogen) atoms. The molecule has 5 nitrogen and oxygen atoms in total. The molecule has 0 aromatic carbocycles. The van der Waals surface area contributed by atoms with Gasteiger partial charge >= 0.3 is 0 Å². The van der Waals surface area contributed by atoms with Crippen molar-refractivity contribution in [3.8, 4) is 0 Å².